The van der Waals surface area contributed by atoms with Crippen molar-refractivity contribution in [3.8, 4) is 6.07 Å². The molecule has 2 atom stereocenters. The highest BCUT2D eigenvalue weighted by Crippen LogP contribution is 2.23. The molecular weight excluding hydrogens is 180 g/mol. The van der Waals surface area contributed by atoms with Crippen LogP contribution in [0.15, 0.2) is 0 Å². The number of nitrogens with zero attached hydrogens (tertiary/aromatic N) is 2. The van der Waals surface area contributed by atoms with Gasteiger partial charge in [-0.15, -0.1) is 0 Å². The number of ether oxygens (including phenoxy) is 1. The van der Waals surface area contributed by atoms with Crippen molar-refractivity contribution in [2.75, 3.05) is 26.8 Å². The zero-order chi connectivity index (χ0) is 10.6. The summed E-state index contributed by atoms with van der Waals surface area (Å²) in [5, 5.41) is 8.41. The van der Waals surface area contributed by atoms with E-state index in [4.69, 9.17) is 10.00 Å². The first kappa shape index (κ1) is 11.0. The maximum absolute atomic E-state index is 11.4. The third kappa shape index (κ3) is 2.46. The molecule has 0 aromatic heterocycles. The molecule has 1 saturated heterocycles. The van der Waals surface area contributed by atoms with E-state index in [1.54, 1.807) is 12.0 Å². The minimum atomic E-state index is -0.0575. The Morgan fingerprint density at radius 3 is 2.93 bits per heavy atom. The Morgan fingerprint density at radius 1 is 1.64 bits per heavy atom. The monoisotopic (exact) mass is 196 g/mol. The Kier molecular flexibility index (Phi) is 3.90. The predicted molar refractivity (Wildman–Crippen MR) is 51.3 cm³/mol. The van der Waals surface area contributed by atoms with E-state index in [-0.39, 0.29) is 12.3 Å². The third-order valence-electron chi connectivity index (χ3n) is 2.73. The first-order valence-electron chi connectivity index (χ1n) is 4.82. The summed E-state index contributed by atoms with van der Waals surface area (Å²) in [4.78, 5) is 13.2. The van der Waals surface area contributed by atoms with Crippen LogP contribution in [0.2, 0.25) is 0 Å². The molecule has 0 aromatic rings. The summed E-state index contributed by atoms with van der Waals surface area (Å²) in [7, 11) is 1.67. The summed E-state index contributed by atoms with van der Waals surface area (Å²) in [6.07, 6.45) is -0.00752. The molecule has 0 N–H and O–H groups in total. The zero-order valence-corrected chi connectivity index (χ0v) is 8.69. The first-order valence-corrected chi connectivity index (χ1v) is 4.82. The van der Waals surface area contributed by atoms with E-state index in [1.807, 2.05) is 6.07 Å². The Bertz CT molecular complexity index is 247. The van der Waals surface area contributed by atoms with Gasteiger partial charge >= 0.3 is 0 Å². The molecule has 0 unspecified atom stereocenters. The standard InChI is InChI=1S/C10H16N2O2/c1-8-5-12(10(13)3-4-11)6-9(8)7-14-2/h8-9H,3,5-7H2,1-2H3/t8-,9-/m1/s1. The second-order valence-corrected chi connectivity index (χ2v) is 3.83. The fraction of sp³-hybridized carbons (Fsp3) is 0.800. The summed E-state index contributed by atoms with van der Waals surface area (Å²) >= 11 is 0. The van der Waals surface area contributed by atoms with Gasteiger partial charge in [0.2, 0.25) is 5.91 Å². The van der Waals surface area contributed by atoms with Crippen LogP contribution in [0.3, 0.4) is 0 Å². The van der Waals surface area contributed by atoms with Crippen LogP contribution >= 0.6 is 0 Å². The lowest BCUT2D eigenvalue weighted by Crippen LogP contribution is -2.28. The highest BCUT2D eigenvalue weighted by Gasteiger charge is 2.31. The normalized spacial score (nSPS) is 26.2. The fourth-order valence-electron chi connectivity index (χ4n) is 1.85. The molecule has 1 fully saturated rings. The summed E-state index contributed by atoms with van der Waals surface area (Å²) in [5.74, 6) is 0.832. The van der Waals surface area contributed by atoms with E-state index in [9.17, 15) is 4.79 Å². The van der Waals surface area contributed by atoms with Crippen molar-refractivity contribution in [2.45, 2.75) is 13.3 Å². The quantitative estimate of drug-likeness (QED) is 0.665. The van der Waals surface area contributed by atoms with Crippen molar-refractivity contribution in [1.82, 2.24) is 4.90 Å². The number of hydrogen-bond donors (Lipinski definition) is 0. The smallest absolute Gasteiger partial charge is 0.236 e. The zero-order valence-electron chi connectivity index (χ0n) is 8.69. The van der Waals surface area contributed by atoms with Crippen molar-refractivity contribution in [2.24, 2.45) is 11.8 Å². The van der Waals surface area contributed by atoms with Gasteiger partial charge in [0, 0.05) is 26.1 Å². The SMILES string of the molecule is COC[C@H]1CN(C(=O)CC#N)C[C@H]1C. The number of rotatable bonds is 3. The van der Waals surface area contributed by atoms with E-state index in [1.165, 1.54) is 0 Å². The van der Waals surface area contributed by atoms with E-state index in [2.05, 4.69) is 6.92 Å². The first-order chi connectivity index (χ1) is 6.69. The van der Waals surface area contributed by atoms with Crippen molar-refractivity contribution in [3.05, 3.63) is 0 Å². The molecular formula is C10H16N2O2. The van der Waals surface area contributed by atoms with Gasteiger partial charge in [-0.3, -0.25) is 4.79 Å². The lowest BCUT2D eigenvalue weighted by atomic mass is 10.00. The Morgan fingerprint density at radius 2 is 2.36 bits per heavy atom. The van der Waals surface area contributed by atoms with Crippen LogP contribution in [0.1, 0.15) is 13.3 Å². The van der Waals surface area contributed by atoms with Crippen molar-refractivity contribution < 1.29 is 9.53 Å². The van der Waals surface area contributed by atoms with Gasteiger partial charge in [0.25, 0.3) is 0 Å². The van der Waals surface area contributed by atoms with Crippen molar-refractivity contribution >= 4 is 5.91 Å². The molecule has 1 amide bonds. The van der Waals surface area contributed by atoms with Gasteiger partial charge in [-0.25, -0.2) is 0 Å². The molecule has 0 saturated carbocycles. The minimum Gasteiger partial charge on any atom is -0.384 e. The maximum atomic E-state index is 11.4. The molecule has 78 valence electrons. The minimum absolute atomic E-state index is 0.00752. The molecule has 0 aliphatic carbocycles. The van der Waals surface area contributed by atoms with Gasteiger partial charge in [0.15, 0.2) is 0 Å². The van der Waals surface area contributed by atoms with Gasteiger partial charge in [0.1, 0.15) is 6.42 Å². The third-order valence-corrected chi connectivity index (χ3v) is 2.73. The topological polar surface area (TPSA) is 53.3 Å². The van der Waals surface area contributed by atoms with Crippen molar-refractivity contribution in [1.29, 1.82) is 5.26 Å². The Labute approximate surface area is 84.4 Å². The highest BCUT2D eigenvalue weighted by atomic mass is 16.5. The van der Waals surface area contributed by atoms with Crippen LogP contribution in [0.4, 0.5) is 0 Å². The van der Waals surface area contributed by atoms with E-state index in [0.29, 0.717) is 18.4 Å². The summed E-state index contributed by atoms with van der Waals surface area (Å²) < 4.78 is 5.08. The number of hydrogen-bond acceptors (Lipinski definition) is 3. The molecule has 1 aliphatic rings. The summed E-state index contributed by atoms with van der Waals surface area (Å²) in [6, 6.07) is 1.88. The maximum Gasteiger partial charge on any atom is 0.236 e. The average Bonchev–Trinajstić information content (AvgIpc) is 2.49. The molecule has 1 aliphatic heterocycles. The summed E-state index contributed by atoms with van der Waals surface area (Å²) in [5.41, 5.74) is 0. The van der Waals surface area contributed by atoms with Gasteiger partial charge in [-0.05, 0) is 5.92 Å². The number of likely N-dealkylation sites (tertiary alicyclic amines) is 1. The molecule has 0 aromatic carbocycles. The van der Waals surface area contributed by atoms with E-state index < -0.39 is 0 Å². The molecule has 4 nitrogen and oxygen atoms in total. The largest absolute Gasteiger partial charge is 0.384 e. The lowest BCUT2D eigenvalue weighted by Gasteiger charge is -2.14. The van der Waals surface area contributed by atoms with Crippen LogP contribution in [-0.2, 0) is 9.53 Å². The number of nitriles is 1. The van der Waals surface area contributed by atoms with Crippen LogP contribution in [0.25, 0.3) is 0 Å². The average molecular weight is 196 g/mol. The van der Waals surface area contributed by atoms with Crippen LogP contribution in [-0.4, -0.2) is 37.6 Å². The molecule has 4 heteroatoms. The number of carbonyl (C=O) groups excluding carboxylic acids is 1. The molecule has 14 heavy (non-hydrogen) atoms. The second kappa shape index (κ2) is 4.97. The number of methoxy groups -OCH3 is 1. The molecule has 1 heterocycles. The van der Waals surface area contributed by atoms with Gasteiger partial charge in [-0.1, -0.05) is 6.92 Å². The van der Waals surface area contributed by atoms with E-state index >= 15 is 0 Å². The van der Waals surface area contributed by atoms with Crippen LogP contribution in [0.5, 0.6) is 0 Å². The fourth-order valence-corrected chi connectivity index (χ4v) is 1.85. The highest BCUT2D eigenvalue weighted by molar-refractivity contribution is 5.78. The second-order valence-electron chi connectivity index (χ2n) is 3.83. The van der Waals surface area contributed by atoms with Gasteiger partial charge in [0.05, 0.1) is 12.7 Å². The van der Waals surface area contributed by atoms with Crippen LogP contribution in [0, 0.1) is 23.2 Å². The Hall–Kier alpha value is -1.08. The van der Waals surface area contributed by atoms with E-state index in [0.717, 1.165) is 13.1 Å². The number of carbonyl (C=O) groups is 1. The van der Waals surface area contributed by atoms with Crippen LogP contribution < -0.4 is 0 Å². The van der Waals surface area contributed by atoms with Gasteiger partial charge < -0.3 is 9.64 Å². The lowest BCUT2D eigenvalue weighted by molar-refractivity contribution is -0.129. The predicted octanol–water partition coefficient (Wildman–Crippen LogP) is 0.641. The molecule has 0 radical (unpaired) electrons. The molecule has 0 spiro atoms. The van der Waals surface area contributed by atoms with Gasteiger partial charge in [-0.2, -0.15) is 5.26 Å². The molecule has 0 bridgehead atoms. The Balaban J connectivity index is 2.46. The van der Waals surface area contributed by atoms with Crippen molar-refractivity contribution in [3.63, 3.8) is 0 Å². The summed E-state index contributed by atoms with van der Waals surface area (Å²) in [6.45, 7) is 4.30. The number of amides is 1. The molecule has 1 rings (SSSR count).